The van der Waals surface area contributed by atoms with Gasteiger partial charge in [-0.2, -0.15) is 0 Å². The standard InChI is InChI=1S/C20H26FNO4/c1-5-25-18(23)14-8-6-13(7-9-14)16-11-10-15(12-17(16)21)22-19(24)26-20(2,3)4/h6,10-12,14H,5,7-9H2,1-4H3,(H,22,24). The maximum Gasteiger partial charge on any atom is 0.412 e. The molecule has 2 rings (SSSR count). The lowest BCUT2D eigenvalue weighted by Gasteiger charge is -2.21. The zero-order valence-electron chi connectivity index (χ0n) is 15.7. The largest absolute Gasteiger partial charge is 0.466 e. The van der Waals surface area contributed by atoms with E-state index in [0.717, 1.165) is 5.57 Å². The van der Waals surface area contributed by atoms with E-state index in [1.54, 1.807) is 39.8 Å². The first-order valence-electron chi connectivity index (χ1n) is 8.85. The summed E-state index contributed by atoms with van der Waals surface area (Å²) >= 11 is 0. The fraction of sp³-hybridized carbons (Fsp3) is 0.500. The lowest BCUT2D eigenvalue weighted by molar-refractivity contribution is -0.148. The Morgan fingerprint density at radius 3 is 2.58 bits per heavy atom. The number of ether oxygens (including phenoxy) is 2. The van der Waals surface area contributed by atoms with Crippen LogP contribution in [0.25, 0.3) is 5.57 Å². The third-order valence-corrected chi connectivity index (χ3v) is 3.99. The molecule has 1 aromatic carbocycles. The zero-order chi connectivity index (χ0) is 19.3. The van der Waals surface area contributed by atoms with Crippen LogP contribution in [0.3, 0.4) is 0 Å². The highest BCUT2D eigenvalue weighted by atomic mass is 19.1. The number of rotatable bonds is 4. The molecule has 1 aliphatic rings. The molecule has 0 aromatic heterocycles. The summed E-state index contributed by atoms with van der Waals surface area (Å²) in [6.45, 7) is 7.43. The molecule has 1 atom stereocenters. The smallest absolute Gasteiger partial charge is 0.412 e. The van der Waals surface area contributed by atoms with E-state index in [1.807, 2.05) is 6.08 Å². The Kier molecular flexibility index (Phi) is 6.40. The van der Waals surface area contributed by atoms with Crippen LogP contribution in [-0.2, 0) is 14.3 Å². The summed E-state index contributed by atoms with van der Waals surface area (Å²) in [5.74, 6) is -0.769. The maximum absolute atomic E-state index is 14.5. The van der Waals surface area contributed by atoms with Gasteiger partial charge in [-0.05, 0) is 70.7 Å². The van der Waals surface area contributed by atoms with Gasteiger partial charge in [0.2, 0.25) is 0 Å². The summed E-state index contributed by atoms with van der Waals surface area (Å²) in [6.07, 6.45) is 3.07. The van der Waals surface area contributed by atoms with Crippen LogP contribution >= 0.6 is 0 Å². The number of hydrogen-bond acceptors (Lipinski definition) is 4. The van der Waals surface area contributed by atoms with Gasteiger partial charge in [0.25, 0.3) is 0 Å². The highest BCUT2D eigenvalue weighted by Gasteiger charge is 2.24. The minimum absolute atomic E-state index is 0.158. The van der Waals surface area contributed by atoms with E-state index in [2.05, 4.69) is 5.32 Å². The second-order valence-electron chi connectivity index (χ2n) is 7.27. The van der Waals surface area contributed by atoms with Crippen LogP contribution in [-0.4, -0.2) is 24.3 Å². The van der Waals surface area contributed by atoms with Gasteiger partial charge in [-0.15, -0.1) is 0 Å². The highest BCUT2D eigenvalue weighted by Crippen LogP contribution is 2.33. The van der Waals surface area contributed by atoms with E-state index in [4.69, 9.17) is 9.47 Å². The van der Waals surface area contributed by atoms with Gasteiger partial charge in [-0.1, -0.05) is 6.08 Å². The van der Waals surface area contributed by atoms with Crippen molar-refractivity contribution >= 4 is 23.3 Å². The van der Waals surface area contributed by atoms with Crippen LogP contribution in [0.5, 0.6) is 0 Å². The molecule has 0 radical (unpaired) electrons. The van der Waals surface area contributed by atoms with Crippen molar-refractivity contribution in [3.05, 3.63) is 35.7 Å². The molecule has 1 aliphatic carbocycles. The number of anilines is 1. The van der Waals surface area contributed by atoms with Gasteiger partial charge in [0, 0.05) is 11.3 Å². The van der Waals surface area contributed by atoms with E-state index in [-0.39, 0.29) is 11.9 Å². The predicted octanol–water partition coefficient (Wildman–Crippen LogP) is 4.92. The topological polar surface area (TPSA) is 64.6 Å². The summed E-state index contributed by atoms with van der Waals surface area (Å²) < 4.78 is 24.7. The number of nitrogens with one attached hydrogen (secondary N) is 1. The Labute approximate surface area is 153 Å². The van der Waals surface area contributed by atoms with Crippen LogP contribution in [0.1, 0.15) is 52.5 Å². The molecule has 26 heavy (non-hydrogen) atoms. The predicted molar refractivity (Wildman–Crippen MR) is 98.2 cm³/mol. The Hall–Kier alpha value is -2.37. The number of allylic oxidation sites excluding steroid dienone is 2. The van der Waals surface area contributed by atoms with Gasteiger partial charge in [0.1, 0.15) is 11.4 Å². The molecule has 1 amide bonds. The summed E-state index contributed by atoms with van der Waals surface area (Å²) in [4.78, 5) is 23.5. The van der Waals surface area contributed by atoms with Crippen LogP contribution < -0.4 is 5.32 Å². The second-order valence-corrected chi connectivity index (χ2v) is 7.27. The number of halogens is 1. The molecular weight excluding hydrogens is 337 g/mol. The minimum Gasteiger partial charge on any atom is -0.466 e. The number of hydrogen-bond donors (Lipinski definition) is 1. The van der Waals surface area contributed by atoms with Gasteiger partial charge >= 0.3 is 12.1 Å². The van der Waals surface area contributed by atoms with E-state index < -0.39 is 17.5 Å². The van der Waals surface area contributed by atoms with Crippen molar-refractivity contribution in [3.63, 3.8) is 0 Å². The van der Waals surface area contributed by atoms with Gasteiger partial charge in [0.15, 0.2) is 0 Å². The number of amides is 1. The molecule has 0 saturated heterocycles. The Morgan fingerprint density at radius 1 is 1.31 bits per heavy atom. The maximum atomic E-state index is 14.5. The van der Waals surface area contributed by atoms with E-state index >= 15 is 0 Å². The molecule has 1 unspecified atom stereocenters. The first-order valence-corrected chi connectivity index (χ1v) is 8.85. The van der Waals surface area contributed by atoms with Crippen molar-refractivity contribution in [2.45, 2.75) is 52.6 Å². The molecular formula is C20H26FNO4. The number of benzene rings is 1. The van der Waals surface area contributed by atoms with Crippen molar-refractivity contribution in [2.75, 3.05) is 11.9 Å². The third kappa shape index (κ3) is 5.58. The van der Waals surface area contributed by atoms with E-state index in [9.17, 15) is 14.0 Å². The molecule has 6 heteroatoms. The third-order valence-electron chi connectivity index (χ3n) is 3.99. The summed E-state index contributed by atoms with van der Waals surface area (Å²) in [5.41, 5.74) is 1.07. The molecule has 0 spiro atoms. The summed E-state index contributed by atoms with van der Waals surface area (Å²) in [5, 5.41) is 2.52. The van der Waals surface area contributed by atoms with E-state index in [1.165, 1.54) is 6.07 Å². The number of carbonyl (C=O) groups excluding carboxylic acids is 2. The quantitative estimate of drug-likeness (QED) is 0.771. The van der Waals surface area contributed by atoms with Gasteiger partial charge in [-0.25, -0.2) is 9.18 Å². The van der Waals surface area contributed by atoms with Crippen LogP contribution in [0, 0.1) is 11.7 Å². The second kappa shape index (κ2) is 8.34. The molecule has 0 fully saturated rings. The van der Waals surface area contributed by atoms with Crippen molar-refractivity contribution < 1.29 is 23.5 Å². The van der Waals surface area contributed by atoms with Crippen molar-refractivity contribution in [2.24, 2.45) is 5.92 Å². The van der Waals surface area contributed by atoms with Crippen LogP contribution in [0.4, 0.5) is 14.9 Å². The molecule has 1 aromatic rings. The highest BCUT2D eigenvalue weighted by molar-refractivity contribution is 5.85. The van der Waals surface area contributed by atoms with Crippen molar-refractivity contribution in [1.82, 2.24) is 0 Å². The van der Waals surface area contributed by atoms with Gasteiger partial charge in [0.05, 0.1) is 12.5 Å². The fourth-order valence-corrected chi connectivity index (χ4v) is 2.83. The van der Waals surface area contributed by atoms with Gasteiger partial charge < -0.3 is 9.47 Å². The summed E-state index contributed by atoms with van der Waals surface area (Å²) in [6, 6.07) is 4.55. The Morgan fingerprint density at radius 2 is 2.04 bits per heavy atom. The van der Waals surface area contributed by atoms with Crippen LogP contribution in [0.15, 0.2) is 24.3 Å². The SMILES string of the molecule is CCOC(=O)C1CC=C(c2ccc(NC(=O)OC(C)(C)C)cc2F)CC1. The summed E-state index contributed by atoms with van der Waals surface area (Å²) in [7, 11) is 0. The van der Waals surface area contributed by atoms with Crippen molar-refractivity contribution in [1.29, 1.82) is 0 Å². The first kappa shape index (κ1) is 19.9. The molecule has 0 saturated carbocycles. The average Bonchev–Trinajstić information content (AvgIpc) is 2.53. The minimum atomic E-state index is -0.626. The number of carbonyl (C=O) groups is 2. The average molecular weight is 363 g/mol. The first-order chi connectivity index (χ1) is 12.2. The monoisotopic (exact) mass is 363 g/mol. The zero-order valence-corrected chi connectivity index (χ0v) is 15.7. The fourth-order valence-electron chi connectivity index (χ4n) is 2.83. The van der Waals surface area contributed by atoms with Gasteiger partial charge in [-0.3, -0.25) is 10.1 Å². The molecule has 1 N–H and O–H groups in total. The lowest BCUT2D eigenvalue weighted by Crippen LogP contribution is -2.27. The molecule has 142 valence electrons. The Balaban J connectivity index is 2.04. The van der Waals surface area contributed by atoms with Crippen LogP contribution in [0.2, 0.25) is 0 Å². The molecule has 0 heterocycles. The molecule has 5 nitrogen and oxygen atoms in total. The number of esters is 1. The molecule has 0 bridgehead atoms. The molecule has 0 aliphatic heterocycles. The lowest BCUT2D eigenvalue weighted by atomic mass is 9.86. The normalized spacial score (nSPS) is 17.3. The van der Waals surface area contributed by atoms with E-state index in [0.29, 0.717) is 37.1 Å². The van der Waals surface area contributed by atoms with Crippen molar-refractivity contribution in [3.8, 4) is 0 Å². The Bertz CT molecular complexity index is 706.